The zero-order valence-corrected chi connectivity index (χ0v) is 20.0. The number of hydrogen-bond donors (Lipinski definition) is 3. The van der Waals surface area contributed by atoms with Gasteiger partial charge in [-0.1, -0.05) is 29.3 Å². The SMILES string of the molecule is CNCCCOc1cc2c(cc1O)c1c3c(c(-c4c(Cl)cccc4Cl)cc1n2C)C(=O)NC3=O. The van der Waals surface area contributed by atoms with Gasteiger partial charge in [0.25, 0.3) is 11.8 Å². The molecule has 1 aromatic heterocycles. The van der Waals surface area contributed by atoms with E-state index in [9.17, 15) is 14.7 Å². The van der Waals surface area contributed by atoms with Crippen LogP contribution in [-0.2, 0) is 7.05 Å². The van der Waals surface area contributed by atoms with Gasteiger partial charge in [-0.05, 0) is 44.3 Å². The van der Waals surface area contributed by atoms with Crippen LogP contribution in [0.1, 0.15) is 27.1 Å². The van der Waals surface area contributed by atoms with Crippen molar-refractivity contribution in [3.8, 4) is 22.6 Å². The van der Waals surface area contributed by atoms with Gasteiger partial charge in [-0.2, -0.15) is 0 Å². The molecule has 3 N–H and O–H groups in total. The van der Waals surface area contributed by atoms with E-state index in [1.807, 2.05) is 24.7 Å². The Morgan fingerprint density at radius 1 is 1.03 bits per heavy atom. The highest BCUT2D eigenvalue weighted by molar-refractivity contribution is 6.41. The monoisotopic (exact) mass is 497 g/mol. The van der Waals surface area contributed by atoms with Crippen molar-refractivity contribution in [2.75, 3.05) is 20.2 Å². The van der Waals surface area contributed by atoms with Crippen molar-refractivity contribution in [1.29, 1.82) is 0 Å². The molecule has 0 unspecified atom stereocenters. The number of aromatic hydroxyl groups is 1. The van der Waals surface area contributed by atoms with Gasteiger partial charge < -0.3 is 19.7 Å². The van der Waals surface area contributed by atoms with Crippen LogP contribution in [0, 0.1) is 0 Å². The molecule has 1 aliphatic rings. The molecule has 0 saturated heterocycles. The second kappa shape index (κ2) is 8.51. The summed E-state index contributed by atoms with van der Waals surface area (Å²) >= 11 is 12.9. The second-order valence-corrected chi connectivity index (χ2v) is 8.96. The molecule has 5 rings (SSSR count). The Bertz CT molecular complexity index is 1490. The summed E-state index contributed by atoms with van der Waals surface area (Å²) in [4.78, 5) is 25.8. The third-order valence-corrected chi connectivity index (χ3v) is 6.75. The predicted octanol–water partition coefficient (Wildman–Crippen LogP) is 4.88. The lowest BCUT2D eigenvalue weighted by atomic mass is 9.92. The van der Waals surface area contributed by atoms with Gasteiger partial charge >= 0.3 is 0 Å². The number of hydrogen-bond acceptors (Lipinski definition) is 5. The maximum Gasteiger partial charge on any atom is 0.259 e. The Labute approximate surface area is 205 Å². The zero-order valence-electron chi connectivity index (χ0n) is 18.5. The largest absolute Gasteiger partial charge is 0.504 e. The Morgan fingerprint density at radius 3 is 2.44 bits per heavy atom. The molecule has 9 heteroatoms. The maximum absolute atomic E-state index is 13.0. The molecule has 1 aliphatic heterocycles. The standard InChI is InChI=1S/C25H21Cl2N3O4/c1-28-7-4-8-34-19-11-16-12(10-18(19)31)21-17(30(16)2)9-13(20-14(26)5-3-6-15(20)27)22-23(21)25(33)29-24(22)32/h3,5-6,9-11,28,31H,4,7-8H2,1-2H3,(H,29,32,33). The molecule has 4 aromatic rings. The molecule has 0 atom stereocenters. The van der Waals surface area contributed by atoms with E-state index in [1.54, 1.807) is 30.3 Å². The highest BCUT2D eigenvalue weighted by Gasteiger charge is 2.35. The molecule has 2 amide bonds. The molecular formula is C25H21Cl2N3O4. The molecule has 174 valence electrons. The number of ether oxygens (including phenoxy) is 1. The van der Waals surface area contributed by atoms with E-state index in [1.165, 1.54) is 0 Å². The number of nitrogens with zero attached hydrogens (tertiary/aromatic N) is 1. The first-order valence-electron chi connectivity index (χ1n) is 10.7. The Hall–Kier alpha value is -3.26. The van der Waals surface area contributed by atoms with Gasteiger partial charge in [-0.25, -0.2) is 0 Å². The first-order chi connectivity index (χ1) is 16.3. The molecule has 0 spiro atoms. The number of carbonyl (C=O) groups is 2. The number of carbonyl (C=O) groups excluding carboxylic acids is 2. The van der Waals surface area contributed by atoms with E-state index >= 15 is 0 Å². The van der Waals surface area contributed by atoms with Crippen LogP contribution in [0.5, 0.6) is 11.5 Å². The van der Waals surface area contributed by atoms with E-state index in [4.69, 9.17) is 27.9 Å². The van der Waals surface area contributed by atoms with Crippen LogP contribution in [0.3, 0.4) is 0 Å². The average molecular weight is 498 g/mol. The molecule has 34 heavy (non-hydrogen) atoms. The lowest BCUT2D eigenvalue weighted by Crippen LogP contribution is -2.20. The third kappa shape index (κ3) is 3.39. The maximum atomic E-state index is 13.0. The summed E-state index contributed by atoms with van der Waals surface area (Å²) in [5, 5.41) is 18.0. The van der Waals surface area contributed by atoms with Gasteiger partial charge in [0, 0.05) is 45.1 Å². The van der Waals surface area contributed by atoms with E-state index in [-0.39, 0.29) is 16.9 Å². The highest BCUT2D eigenvalue weighted by atomic mass is 35.5. The third-order valence-electron chi connectivity index (χ3n) is 6.12. The van der Waals surface area contributed by atoms with Crippen molar-refractivity contribution >= 4 is 56.8 Å². The number of phenols is 1. The van der Waals surface area contributed by atoms with Crippen molar-refractivity contribution in [3.05, 3.63) is 57.6 Å². The summed E-state index contributed by atoms with van der Waals surface area (Å²) in [6.07, 6.45) is 0.779. The number of imide groups is 1. The van der Waals surface area contributed by atoms with Crippen molar-refractivity contribution in [1.82, 2.24) is 15.2 Å². The topological polar surface area (TPSA) is 92.6 Å². The van der Waals surface area contributed by atoms with E-state index in [0.29, 0.717) is 49.8 Å². The van der Waals surface area contributed by atoms with Crippen molar-refractivity contribution in [2.45, 2.75) is 6.42 Å². The predicted molar refractivity (Wildman–Crippen MR) is 133 cm³/mol. The fraction of sp³-hybridized carbons (Fsp3) is 0.200. The zero-order chi connectivity index (χ0) is 24.1. The van der Waals surface area contributed by atoms with E-state index < -0.39 is 11.8 Å². The molecule has 0 fully saturated rings. The smallest absolute Gasteiger partial charge is 0.259 e. The summed E-state index contributed by atoms with van der Waals surface area (Å²) in [5.41, 5.74) is 2.84. The number of rotatable bonds is 6. The highest BCUT2D eigenvalue weighted by Crippen LogP contribution is 2.45. The molecule has 3 aromatic carbocycles. The van der Waals surface area contributed by atoms with Crippen molar-refractivity contribution in [3.63, 3.8) is 0 Å². The fourth-order valence-corrected chi connectivity index (χ4v) is 5.16. The number of phenolic OH excluding ortho intramolecular Hbond substituents is 1. The molecule has 0 radical (unpaired) electrons. The number of halogens is 2. The minimum Gasteiger partial charge on any atom is -0.504 e. The van der Waals surface area contributed by atoms with E-state index in [2.05, 4.69) is 10.6 Å². The van der Waals surface area contributed by atoms with Gasteiger partial charge in [0.15, 0.2) is 11.5 Å². The van der Waals surface area contributed by atoms with Crippen LogP contribution in [0.15, 0.2) is 36.4 Å². The number of benzene rings is 3. The molecule has 0 saturated carbocycles. The van der Waals surface area contributed by atoms with Crippen LogP contribution >= 0.6 is 23.2 Å². The fourth-order valence-electron chi connectivity index (χ4n) is 4.56. The number of aryl methyl sites for hydroxylation is 1. The Kier molecular flexibility index (Phi) is 5.64. The normalized spacial score (nSPS) is 13.1. The molecule has 2 heterocycles. The first-order valence-corrected chi connectivity index (χ1v) is 11.5. The number of aromatic nitrogens is 1. The summed E-state index contributed by atoms with van der Waals surface area (Å²) in [5.74, 6) is -0.713. The Morgan fingerprint density at radius 2 is 1.74 bits per heavy atom. The number of amides is 2. The van der Waals surface area contributed by atoms with Gasteiger partial charge in [0.2, 0.25) is 0 Å². The lowest BCUT2D eigenvalue weighted by Gasteiger charge is -2.12. The van der Waals surface area contributed by atoms with Crippen molar-refractivity contribution < 1.29 is 19.4 Å². The molecular weight excluding hydrogens is 477 g/mol. The summed E-state index contributed by atoms with van der Waals surface area (Å²) < 4.78 is 7.68. The summed E-state index contributed by atoms with van der Waals surface area (Å²) in [6.45, 7) is 1.23. The van der Waals surface area contributed by atoms with Gasteiger partial charge in [-0.15, -0.1) is 0 Å². The van der Waals surface area contributed by atoms with Gasteiger partial charge in [0.1, 0.15) is 0 Å². The second-order valence-electron chi connectivity index (χ2n) is 8.15. The quantitative estimate of drug-likeness (QED) is 0.260. The number of nitrogens with one attached hydrogen (secondary N) is 2. The van der Waals surface area contributed by atoms with E-state index in [0.717, 1.165) is 18.5 Å². The minimum absolute atomic E-state index is 0.0406. The molecule has 0 aliphatic carbocycles. The molecule has 7 nitrogen and oxygen atoms in total. The van der Waals surface area contributed by atoms with Crippen LogP contribution in [0.2, 0.25) is 10.0 Å². The van der Waals surface area contributed by atoms with Crippen molar-refractivity contribution in [2.24, 2.45) is 7.05 Å². The van der Waals surface area contributed by atoms with Gasteiger partial charge in [-0.3, -0.25) is 14.9 Å². The van der Waals surface area contributed by atoms with Crippen LogP contribution in [0.4, 0.5) is 0 Å². The summed E-state index contributed by atoms with van der Waals surface area (Å²) in [7, 11) is 3.72. The minimum atomic E-state index is -0.515. The average Bonchev–Trinajstić information content (AvgIpc) is 3.24. The van der Waals surface area contributed by atoms with Crippen LogP contribution in [0.25, 0.3) is 32.9 Å². The first kappa shape index (κ1) is 22.5. The number of fused-ring (bicyclic) bond motifs is 5. The lowest BCUT2D eigenvalue weighted by molar-refractivity contribution is 0.0880. The van der Waals surface area contributed by atoms with Crippen LogP contribution < -0.4 is 15.4 Å². The Balaban J connectivity index is 1.81. The molecule has 0 bridgehead atoms. The van der Waals surface area contributed by atoms with Crippen LogP contribution in [-0.4, -0.2) is 41.7 Å². The van der Waals surface area contributed by atoms with Gasteiger partial charge in [0.05, 0.1) is 28.8 Å². The summed E-state index contributed by atoms with van der Waals surface area (Å²) in [6, 6.07) is 10.2.